The first-order chi connectivity index (χ1) is 11.8. The quantitative estimate of drug-likeness (QED) is 0.822. The van der Waals surface area contributed by atoms with Crippen molar-refractivity contribution in [3.05, 3.63) is 41.6 Å². The summed E-state index contributed by atoms with van der Waals surface area (Å²) in [4.78, 5) is 21.3. The summed E-state index contributed by atoms with van der Waals surface area (Å²) in [5, 5.41) is 0.961. The Morgan fingerprint density at radius 2 is 1.84 bits per heavy atom. The van der Waals surface area contributed by atoms with Crippen molar-refractivity contribution in [1.82, 2.24) is 14.8 Å². The number of piperazine rings is 1. The SMILES string of the molecule is Cc1nc2ccccc2cc1C(=O)N1CCN(CCS(C)(=O)=O)CC1. The highest BCUT2D eigenvalue weighted by molar-refractivity contribution is 7.90. The first kappa shape index (κ1) is 17.8. The first-order valence-electron chi connectivity index (χ1n) is 8.39. The molecule has 6 nitrogen and oxygen atoms in total. The van der Waals surface area contributed by atoms with E-state index in [0.717, 1.165) is 16.6 Å². The number of nitrogens with zero attached hydrogens (tertiary/aromatic N) is 3. The molecule has 0 atom stereocenters. The summed E-state index contributed by atoms with van der Waals surface area (Å²) in [5.74, 6) is 0.160. The zero-order chi connectivity index (χ0) is 18.0. The summed E-state index contributed by atoms with van der Waals surface area (Å²) >= 11 is 0. The number of amides is 1. The molecule has 1 amide bonds. The molecule has 0 unspecified atom stereocenters. The second kappa shape index (κ2) is 7.09. The molecule has 1 saturated heterocycles. The van der Waals surface area contributed by atoms with E-state index >= 15 is 0 Å². The standard InChI is InChI=1S/C18H23N3O3S/c1-14-16(13-15-5-3-4-6-17(15)19-14)18(22)21-9-7-20(8-10-21)11-12-25(2,23)24/h3-6,13H,7-12H2,1-2H3. The second-order valence-corrected chi connectivity index (χ2v) is 8.84. The van der Waals surface area contributed by atoms with E-state index in [2.05, 4.69) is 9.88 Å². The van der Waals surface area contributed by atoms with Gasteiger partial charge in [0.25, 0.3) is 5.91 Å². The van der Waals surface area contributed by atoms with E-state index in [-0.39, 0.29) is 11.7 Å². The van der Waals surface area contributed by atoms with Crippen LogP contribution < -0.4 is 0 Å². The Bertz CT molecular complexity index is 888. The van der Waals surface area contributed by atoms with Gasteiger partial charge in [-0.05, 0) is 19.1 Å². The van der Waals surface area contributed by atoms with Crippen molar-refractivity contribution in [2.75, 3.05) is 44.7 Å². The van der Waals surface area contributed by atoms with Crippen molar-refractivity contribution < 1.29 is 13.2 Å². The molecule has 1 aromatic carbocycles. The van der Waals surface area contributed by atoms with Crippen LogP contribution in [0.4, 0.5) is 0 Å². The number of aryl methyl sites for hydroxylation is 1. The Morgan fingerprint density at radius 3 is 2.52 bits per heavy atom. The predicted molar refractivity (Wildman–Crippen MR) is 98.5 cm³/mol. The summed E-state index contributed by atoms with van der Waals surface area (Å²) < 4.78 is 22.6. The molecule has 0 saturated carbocycles. The zero-order valence-electron chi connectivity index (χ0n) is 14.6. The fourth-order valence-corrected chi connectivity index (χ4v) is 3.66. The van der Waals surface area contributed by atoms with Gasteiger partial charge in [-0.25, -0.2) is 8.42 Å². The lowest BCUT2D eigenvalue weighted by molar-refractivity contribution is 0.0643. The summed E-state index contributed by atoms with van der Waals surface area (Å²) in [6.45, 7) is 4.99. The van der Waals surface area contributed by atoms with Crippen LogP contribution in [0.25, 0.3) is 10.9 Å². The molecule has 0 N–H and O–H groups in total. The Kier molecular flexibility index (Phi) is 5.06. The Balaban J connectivity index is 1.68. The van der Waals surface area contributed by atoms with Crippen molar-refractivity contribution >= 4 is 26.6 Å². The van der Waals surface area contributed by atoms with Gasteiger partial charge in [-0.3, -0.25) is 14.7 Å². The van der Waals surface area contributed by atoms with Crippen LogP contribution in [0.5, 0.6) is 0 Å². The van der Waals surface area contributed by atoms with Crippen LogP contribution in [-0.2, 0) is 9.84 Å². The lowest BCUT2D eigenvalue weighted by Gasteiger charge is -2.34. The molecule has 1 fully saturated rings. The van der Waals surface area contributed by atoms with Gasteiger partial charge >= 0.3 is 0 Å². The van der Waals surface area contributed by atoms with Gasteiger partial charge in [0, 0.05) is 44.4 Å². The predicted octanol–water partition coefficient (Wildman–Crippen LogP) is 1.35. The fraction of sp³-hybridized carbons (Fsp3) is 0.444. The van der Waals surface area contributed by atoms with Gasteiger partial charge in [0.1, 0.15) is 9.84 Å². The smallest absolute Gasteiger partial charge is 0.255 e. The number of carbonyl (C=O) groups is 1. The monoisotopic (exact) mass is 361 g/mol. The zero-order valence-corrected chi connectivity index (χ0v) is 15.4. The van der Waals surface area contributed by atoms with Crippen LogP contribution in [0, 0.1) is 6.92 Å². The molecule has 0 aliphatic carbocycles. The number of hydrogen-bond acceptors (Lipinski definition) is 5. The van der Waals surface area contributed by atoms with Gasteiger partial charge in [0.15, 0.2) is 0 Å². The lowest BCUT2D eigenvalue weighted by atomic mass is 10.1. The highest BCUT2D eigenvalue weighted by Gasteiger charge is 2.24. The van der Waals surface area contributed by atoms with Crippen molar-refractivity contribution in [1.29, 1.82) is 0 Å². The molecule has 1 aromatic heterocycles. The minimum absolute atomic E-state index is 0.00137. The number of aromatic nitrogens is 1. The van der Waals surface area contributed by atoms with Crippen molar-refractivity contribution in [3.63, 3.8) is 0 Å². The maximum absolute atomic E-state index is 12.9. The average molecular weight is 361 g/mol. The molecule has 25 heavy (non-hydrogen) atoms. The fourth-order valence-electron chi connectivity index (χ4n) is 3.07. The number of para-hydroxylation sites is 1. The molecule has 3 rings (SSSR count). The number of fused-ring (bicyclic) bond motifs is 1. The summed E-state index contributed by atoms with van der Waals surface area (Å²) in [6.07, 6.45) is 1.25. The van der Waals surface area contributed by atoms with Crippen LogP contribution in [-0.4, -0.2) is 73.8 Å². The van der Waals surface area contributed by atoms with Gasteiger partial charge in [-0.2, -0.15) is 0 Å². The molecule has 7 heteroatoms. The molecular weight excluding hydrogens is 338 g/mol. The molecule has 2 aromatic rings. The van der Waals surface area contributed by atoms with E-state index in [1.54, 1.807) is 0 Å². The third kappa shape index (κ3) is 4.35. The van der Waals surface area contributed by atoms with Crippen LogP contribution in [0.15, 0.2) is 30.3 Å². The molecular formula is C18H23N3O3S. The molecule has 0 bridgehead atoms. The van der Waals surface area contributed by atoms with Crippen molar-refractivity contribution in [2.45, 2.75) is 6.92 Å². The van der Waals surface area contributed by atoms with E-state index in [4.69, 9.17) is 0 Å². The Morgan fingerprint density at radius 1 is 1.16 bits per heavy atom. The highest BCUT2D eigenvalue weighted by atomic mass is 32.2. The number of rotatable bonds is 4. The molecule has 1 aliphatic heterocycles. The lowest BCUT2D eigenvalue weighted by Crippen LogP contribution is -2.49. The largest absolute Gasteiger partial charge is 0.336 e. The Labute approximate surface area is 148 Å². The number of pyridine rings is 1. The van der Waals surface area contributed by atoms with E-state index in [1.807, 2.05) is 42.2 Å². The number of hydrogen-bond donors (Lipinski definition) is 0. The van der Waals surface area contributed by atoms with Crippen molar-refractivity contribution in [3.8, 4) is 0 Å². The third-order valence-electron chi connectivity index (χ3n) is 4.58. The van der Waals surface area contributed by atoms with Crippen LogP contribution in [0.3, 0.4) is 0 Å². The molecule has 2 heterocycles. The van der Waals surface area contributed by atoms with Crippen LogP contribution in [0.1, 0.15) is 16.1 Å². The molecule has 0 spiro atoms. The van der Waals surface area contributed by atoms with Gasteiger partial charge in [-0.1, -0.05) is 18.2 Å². The molecule has 134 valence electrons. The summed E-state index contributed by atoms with van der Waals surface area (Å²) in [7, 11) is -2.95. The van der Waals surface area contributed by atoms with Gasteiger partial charge < -0.3 is 4.90 Å². The van der Waals surface area contributed by atoms with E-state index in [0.29, 0.717) is 38.3 Å². The maximum atomic E-state index is 12.9. The highest BCUT2D eigenvalue weighted by Crippen LogP contribution is 2.18. The maximum Gasteiger partial charge on any atom is 0.255 e. The van der Waals surface area contributed by atoms with Gasteiger partial charge in [-0.15, -0.1) is 0 Å². The third-order valence-corrected chi connectivity index (χ3v) is 5.51. The molecule has 0 radical (unpaired) electrons. The van der Waals surface area contributed by atoms with E-state index < -0.39 is 9.84 Å². The summed E-state index contributed by atoms with van der Waals surface area (Å²) in [6, 6.07) is 9.69. The normalized spacial score (nSPS) is 16.3. The van der Waals surface area contributed by atoms with Crippen LogP contribution >= 0.6 is 0 Å². The van der Waals surface area contributed by atoms with Gasteiger partial charge in [0.05, 0.1) is 22.5 Å². The first-order valence-corrected chi connectivity index (χ1v) is 10.5. The molecule has 1 aliphatic rings. The Hall–Kier alpha value is -1.99. The number of sulfone groups is 1. The van der Waals surface area contributed by atoms with Crippen molar-refractivity contribution in [2.24, 2.45) is 0 Å². The van der Waals surface area contributed by atoms with E-state index in [9.17, 15) is 13.2 Å². The number of carbonyl (C=O) groups excluding carboxylic acids is 1. The summed E-state index contributed by atoms with van der Waals surface area (Å²) in [5.41, 5.74) is 2.27. The topological polar surface area (TPSA) is 70.6 Å². The van der Waals surface area contributed by atoms with E-state index in [1.165, 1.54) is 6.26 Å². The minimum Gasteiger partial charge on any atom is -0.336 e. The van der Waals surface area contributed by atoms with Crippen LogP contribution in [0.2, 0.25) is 0 Å². The average Bonchev–Trinajstić information content (AvgIpc) is 2.58. The van der Waals surface area contributed by atoms with Gasteiger partial charge in [0.2, 0.25) is 0 Å². The minimum atomic E-state index is -2.95. The number of benzene rings is 1. The second-order valence-electron chi connectivity index (χ2n) is 6.58.